The average molecular weight is 1170 g/mol. The molecule has 0 atom stereocenters. The third-order valence-corrected chi connectivity index (χ3v) is 15.7. The lowest BCUT2D eigenvalue weighted by molar-refractivity contribution is -0.138. The van der Waals surface area contributed by atoms with E-state index in [1.54, 1.807) is 62.5 Å². The summed E-state index contributed by atoms with van der Waals surface area (Å²) < 4.78 is 0. The van der Waals surface area contributed by atoms with E-state index < -0.39 is 23.9 Å². The molecule has 0 bridgehead atoms. The minimum absolute atomic E-state index is 0.100. The zero-order chi connectivity index (χ0) is 63.2. The van der Waals surface area contributed by atoms with Crippen molar-refractivity contribution in [1.29, 1.82) is 0 Å². The van der Waals surface area contributed by atoms with Crippen LogP contribution in [0.1, 0.15) is 125 Å². The monoisotopic (exact) mass is 1160 g/mol. The van der Waals surface area contributed by atoms with Gasteiger partial charge in [-0.05, 0) is 173 Å². The number of hydrogen-bond donors (Lipinski definition) is 10. The summed E-state index contributed by atoms with van der Waals surface area (Å²) in [5.41, 5.74) is 18.2. The van der Waals surface area contributed by atoms with Crippen LogP contribution in [0.3, 0.4) is 0 Å². The number of H-pyrrole nitrogens is 2. The van der Waals surface area contributed by atoms with Gasteiger partial charge in [-0.25, -0.2) is 9.98 Å². The van der Waals surface area contributed by atoms with Crippen LogP contribution in [-0.4, -0.2) is 89.3 Å². The van der Waals surface area contributed by atoms with E-state index in [4.69, 9.17) is 9.98 Å². The first-order chi connectivity index (χ1) is 40.7. The summed E-state index contributed by atoms with van der Waals surface area (Å²) in [6.45, 7) is 29.6. The molecule has 8 rings (SSSR count). The van der Waals surface area contributed by atoms with Crippen molar-refractivity contribution in [3.05, 3.63) is 209 Å². The first-order valence-electron chi connectivity index (χ1n) is 27.5. The molecular weight excluding hydrogens is 1100 g/mol. The SMILES string of the molecule is C=CC1=C(C)/C(=C/C2=NC(=C\c3[nH]c(/C=C4\NC(=O)C(C)=C4C=C)c(C)c3CCC(=O)O)/C(CCC(=O)O)=C2C)NC1=O.C=CC1=C(C)/C(=C/C2=NC(=C\c3[nH]c(/C=C4\NC(=O)C(C)=C4C=C)c(C)c3CCC(=O)O)/C(CCC(=O)O)=C2C)NC1=O. The Kier molecular flexibility index (Phi) is 19.4. The summed E-state index contributed by atoms with van der Waals surface area (Å²) in [6, 6.07) is 0. The average Bonchev–Trinajstić information content (AvgIpc) is 2.80. The van der Waals surface area contributed by atoms with Crippen LogP contribution in [0, 0.1) is 13.8 Å². The van der Waals surface area contributed by atoms with Crippen LogP contribution < -0.4 is 21.3 Å². The van der Waals surface area contributed by atoms with E-state index in [0.717, 1.165) is 55.7 Å². The summed E-state index contributed by atoms with van der Waals surface area (Å²) in [5, 5.41) is 49.0. The van der Waals surface area contributed by atoms with Gasteiger partial charge >= 0.3 is 23.9 Å². The van der Waals surface area contributed by atoms with Gasteiger partial charge < -0.3 is 51.7 Å². The molecular formula is C66H68N8O12. The molecule has 6 aliphatic heterocycles. The molecule has 8 heterocycles. The number of aliphatic imine (C=N–C) groups is 2. The number of aliphatic carboxylic acids is 4. The smallest absolute Gasteiger partial charge is 0.303 e. The molecule has 2 aromatic heterocycles. The molecule has 4 amide bonds. The first-order valence-corrected chi connectivity index (χ1v) is 27.5. The highest BCUT2D eigenvalue weighted by Gasteiger charge is 2.30. The Morgan fingerprint density at radius 3 is 1.00 bits per heavy atom. The van der Waals surface area contributed by atoms with Crippen LogP contribution in [0.15, 0.2) is 174 Å². The second-order valence-electron chi connectivity index (χ2n) is 21.0. The fourth-order valence-corrected chi connectivity index (χ4v) is 10.7. The molecule has 6 aliphatic rings. The number of carboxylic acids is 4. The molecule has 0 unspecified atom stereocenters. The standard InChI is InChI=1S/2C33H34N4O6/c2*1-7-20-19(6)32(42)37-27(20)14-25-18(5)23(10-12-31(40)41)29(35-25)15-28-22(9-11-30(38)39)17(4)24(34-28)13-26-16(3)21(8-2)33(43)36-26/h2*7-8,13-15,35H,1-2,9-12H2,3-6H3,(H,36,43)(H,37,42)(H,38,39)(H,40,41)/b2*26-13-,27-14-,28-15-. The molecule has 20 heteroatoms. The number of nitrogens with one attached hydrogen (secondary N) is 6. The van der Waals surface area contributed by atoms with Crippen molar-refractivity contribution in [2.24, 2.45) is 9.98 Å². The fraction of sp³-hybridized carbons (Fsp3) is 0.242. The van der Waals surface area contributed by atoms with Crippen LogP contribution in [0.25, 0.3) is 24.3 Å². The van der Waals surface area contributed by atoms with E-state index in [-0.39, 0.29) is 75.0 Å². The lowest BCUT2D eigenvalue weighted by Crippen LogP contribution is -2.16. The van der Waals surface area contributed by atoms with Crippen LogP contribution in [-0.2, 0) is 51.2 Å². The van der Waals surface area contributed by atoms with Gasteiger partial charge in [0, 0.05) is 93.3 Å². The zero-order valence-electron chi connectivity index (χ0n) is 49.2. The number of nitrogens with zero attached hydrogens (tertiary/aromatic N) is 2. The van der Waals surface area contributed by atoms with Crippen LogP contribution in [0.2, 0.25) is 0 Å². The Labute approximate surface area is 496 Å². The molecule has 444 valence electrons. The Morgan fingerprint density at radius 2 is 0.698 bits per heavy atom. The third kappa shape index (κ3) is 13.4. The largest absolute Gasteiger partial charge is 0.481 e. The molecule has 20 nitrogen and oxygen atoms in total. The number of aromatic amines is 2. The summed E-state index contributed by atoms with van der Waals surface area (Å²) in [7, 11) is 0. The van der Waals surface area contributed by atoms with Gasteiger partial charge in [-0.2, -0.15) is 0 Å². The topological polar surface area (TPSA) is 322 Å². The Morgan fingerprint density at radius 1 is 0.384 bits per heavy atom. The van der Waals surface area contributed by atoms with Crippen LogP contribution in [0.4, 0.5) is 0 Å². The van der Waals surface area contributed by atoms with Gasteiger partial charge in [0.25, 0.3) is 23.6 Å². The van der Waals surface area contributed by atoms with Crippen molar-refractivity contribution >= 4 is 83.2 Å². The molecule has 0 saturated heterocycles. The van der Waals surface area contributed by atoms with Crippen LogP contribution in [0.5, 0.6) is 0 Å². The summed E-state index contributed by atoms with van der Waals surface area (Å²) >= 11 is 0. The Hall–Kier alpha value is -10.5. The van der Waals surface area contributed by atoms with E-state index in [0.29, 0.717) is 102 Å². The van der Waals surface area contributed by atoms with Crippen molar-refractivity contribution in [2.75, 3.05) is 0 Å². The maximum Gasteiger partial charge on any atom is 0.303 e. The molecule has 0 aromatic carbocycles. The molecule has 10 N–H and O–H groups in total. The number of allylic oxidation sites excluding steroid dienone is 10. The van der Waals surface area contributed by atoms with E-state index in [9.17, 15) is 58.8 Å². The maximum absolute atomic E-state index is 12.3. The Bertz CT molecular complexity index is 3690. The minimum atomic E-state index is -0.948. The van der Waals surface area contributed by atoms with Gasteiger partial charge in [0.05, 0.1) is 34.2 Å². The van der Waals surface area contributed by atoms with Crippen LogP contribution >= 0.6 is 0 Å². The van der Waals surface area contributed by atoms with Crippen molar-refractivity contribution in [1.82, 2.24) is 31.2 Å². The molecule has 0 fully saturated rings. The molecule has 86 heavy (non-hydrogen) atoms. The second kappa shape index (κ2) is 26.4. The number of hydrogen-bond acceptors (Lipinski definition) is 10. The maximum atomic E-state index is 12.3. The van der Waals surface area contributed by atoms with Gasteiger partial charge in [0.15, 0.2) is 0 Å². The summed E-state index contributed by atoms with van der Waals surface area (Å²) in [4.78, 5) is 112. The van der Waals surface area contributed by atoms with Crippen molar-refractivity contribution in [3.8, 4) is 0 Å². The highest BCUT2D eigenvalue weighted by molar-refractivity contribution is 6.15. The van der Waals surface area contributed by atoms with Crippen molar-refractivity contribution in [2.45, 2.75) is 107 Å². The first kappa shape index (κ1) is 63.1. The Balaban J connectivity index is 0.000000246. The number of rotatable bonds is 22. The van der Waals surface area contributed by atoms with E-state index in [1.165, 1.54) is 12.2 Å². The molecule has 0 radical (unpaired) electrons. The van der Waals surface area contributed by atoms with E-state index in [2.05, 4.69) is 57.6 Å². The second-order valence-corrected chi connectivity index (χ2v) is 21.0. The number of amides is 4. The number of aromatic nitrogens is 2. The van der Waals surface area contributed by atoms with Gasteiger partial charge in [-0.1, -0.05) is 50.6 Å². The summed E-state index contributed by atoms with van der Waals surface area (Å²) in [6.07, 6.45) is 17.4. The van der Waals surface area contributed by atoms with Gasteiger partial charge in [0.2, 0.25) is 0 Å². The molecule has 0 spiro atoms. The quantitative estimate of drug-likeness (QED) is 0.0527. The lowest BCUT2D eigenvalue weighted by atomic mass is 9.98. The van der Waals surface area contributed by atoms with Gasteiger partial charge in [0.1, 0.15) is 0 Å². The number of carbonyl (C=O) groups excluding carboxylic acids is 4. The molecule has 0 saturated carbocycles. The lowest BCUT2D eigenvalue weighted by Gasteiger charge is -2.06. The van der Waals surface area contributed by atoms with Gasteiger partial charge in [-0.3, -0.25) is 38.4 Å². The third-order valence-electron chi connectivity index (χ3n) is 15.7. The fourth-order valence-electron chi connectivity index (χ4n) is 10.7. The highest BCUT2D eigenvalue weighted by atomic mass is 16.4. The van der Waals surface area contributed by atoms with E-state index >= 15 is 0 Å². The number of carboxylic acid groups (broad SMARTS) is 4. The predicted molar refractivity (Wildman–Crippen MR) is 329 cm³/mol. The zero-order valence-corrected chi connectivity index (χ0v) is 49.2. The summed E-state index contributed by atoms with van der Waals surface area (Å²) in [5.74, 6) is -4.72. The van der Waals surface area contributed by atoms with Gasteiger partial charge in [-0.15, -0.1) is 0 Å². The normalized spacial score (nSPS) is 19.6. The molecule has 0 aliphatic carbocycles. The number of carbonyl (C=O) groups is 8. The van der Waals surface area contributed by atoms with E-state index in [1.807, 2.05) is 41.5 Å². The molecule has 2 aromatic rings. The predicted octanol–water partition coefficient (Wildman–Crippen LogP) is 9.61. The van der Waals surface area contributed by atoms with Crippen molar-refractivity contribution in [3.63, 3.8) is 0 Å². The van der Waals surface area contributed by atoms with Crippen molar-refractivity contribution < 1.29 is 58.8 Å². The minimum Gasteiger partial charge on any atom is -0.481 e. The highest BCUT2D eigenvalue weighted by Crippen LogP contribution is 2.37.